The number of amides is 1. The van der Waals surface area contributed by atoms with Crippen LogP contribution < -0.4 is 5.32 Å². The molecular formula is C4H4Cl2FNO. The fourth-order valence-corrected chi connectivity index (χ4v) is 0.283. The van der Waals surface area contributed by atoms with Crippen LogP contribution in [-0.4, -0.2) is 12.6 Å². The van der Waals surface area contributed by atoms with E-state index in [9.17, 15) is 9.18 Å². The zero-order valence-electron chi connectivity index (χ0n) is 4.33. The molecule has 0 atom stereocenters. The molecule has 0 fully saturated rings. The molecule has 0 saturated carbocycles. The van der Waals surface area contributed by atoms with Crippen molar-refractivity contribution in [1.29, 1.82) is 0 Å². The Balaban J connectivity index is 3.50. The Hall–Kier alpha value is -0.280. The van der Waals surface area contributed by atoms with Crippen LogP contribution in [0.5, 0.6) is 0 Å². The maximum Gasteiger partial charge on any atom is 0.255 e. The van der Waals surface area contributed by atoms with Crippen LogP contribution >= 0.6 is 23.2 Å². The van der Waals surface area contributed by atoms with Crippen molar-refractivity contribution in [1.82, 2.24) is 5.32 Å². The van der Waals surface area contributed by atoms with E-state index in [1.165, 1.54) is 0 Å². The highest BCUT2D eigenvalue weighted by Crippen LogP contribution is 2.02. The van der Waals surface area contributed by atoms with E-state index in [-0.39, 0.29) is 4.49 Å². The second-order valence-electron chi connectivity index (χ2n) is 1.14. The number of hydrogen-bond acceptors (Lipinski definition) is 1. The van der Waals surface area contributed by atoms with Crippen LogP contribution in [0.3, 0.4) is 0 Å². The van der Waals surface area contributed by atoms with Gasteiger partial charge in [0.15, 0.2) is 6.67 Å². The average molecular weight is 172 g/mol. The molecule has 52 valence electrons. The molecule has 0 radical (unpaired) electrons. The van der Waals surface area contributed by atoms with Crippen molar-refractivity contribution in [3.63, 3.8) is 0 Å². The van der Waals surface area contributed by atoms with Crippen LogP contribution in [0.15, 0.2) is 10.7 Å². The van der Waals surface area contributed by atoms with Crippen LogP contribution in [0, 0.1) is 0 Å². The highest BCUT2D eigenvalue weighted by molar-refractivity contribution is 6.55. The summed E-state index contributed by atoms with van der Waals surface area (Å²) in [6, 6.07) is 0. The minimum atomic E-state index is -1.07. The van der Waals surface area contributed by atoms with Crippen molar-refractivity contribution >= 4 is 29.1 Å². The Morgan fingerprint density at radius 3 is 2.56 bits per heavy atom. The van der Waals surface area contributed by atoms with E-state index < -0.39 is 12.6 Å². The predicted octanol–water partition coefficient (Wildman–Crippen LogP) is 1.35. The molecule has 1 N–H and O–H groups in total. The molecule has 0 aliphatic heterocycles. The first-order valence-corrected chi connectivity index (χ1v) is 2.79. The molecule has 0 spiro atoms. The first kappa shape index (κ1) is 8.72. The average Bonchev–Trinajstić information content (AvgIpc) is 1.83. The summed E-state index contributed by atoms with van der Waals surface area (Å²) in [5.41, 5.74) is 0. The molecule has 0 aromatic rings. The summed E-state index contributed by atoms with van der Waals surface area (Å²) in [4.78, 5) is 10.1. The molecule has 0 saturated heterocycles. The van der Waals surface area contributed by atoms with Gasteiger partial charge in [0.05, 0.1) is 0 Å². The second-order valence-corrected chi connectivity index (χ2v) is 2.14. The molecule has 0 aromatic carbocycles. The maximum atomic E-state index is 11.3. The van der Waals surface area contributed by atoms with Gasteiger partial charge in [-0.15, -0.1) is 0 Å². The molecule has 2 nitrogen and oxygen atoms in total. The minimum absolute atomic E-state index is 0.114. The Labute approximate surface area is 61.6 Å². The summed E-state index contributed by atoms with van der Waals surface area (Å²) in [5, 5.41) is 1.99. The summed E-state index contributed by atoms with van der Waals surface area (Å²) in [6.45, 7) is -1.07. The largest absolute Gasteiger partial charge is 0.328 e. The lowest BCUT2D eigenvalue weighted by molar-refractivity contribution is -0.120. The summed E-state index contributed by atoms with van der Waals surface area (Å²) < 4.78 is 11.2. The molecule has 0 aliphatic rings. The fourth-order valence-electron chi connectivity index (χ4n) is 0.174. The monoisotopic (exact) mass is 171 g/mol. The molecule has 0 aliphatic carbocycles. The summed E-state index contributed by atoms with van der Waals surface area (Å²) in [5.74, 6) is -0.770. The van der Waals surface area contributed by atoms with Crippen molar-refractivity contribution < 1.29 is 9.18 Å². The van der Waals surface area contributed by atoms with Gasteiger partial charge in [-0.2, -0.15) is 0 Å². The zero-order chi connectivity index (χ0) is 7.28. The van der Waals surface area contributed by atoms with Gasteiger partial charge in [0.2, 0.25) is 0 Å². The molecule has 0 aromatic heterocycles. The van der Waals surface area contributed by atoms with E-state index >= 15 is 0 Å². The third-order valence-electron chi connectivity index (χ3n) is 0.464. The number of nitrogens with one attached hydrogen (secondary N) is 1. The maximum absolute atomic E-state index is 11.3. The van der Waals surface area contributed by atoms with Crippen LogP contribution in [0.25, 0.3) is 0 Å². The predicted molar refractivity (Wildman–Crippen MR) is 33.9 cm³/mol. The summed E-state index contributed by atoms with van der Waals surface area (Å²) in [7, 11) is 0. The molecule has 1 amide bonds. The van der Waals surface area contributed by atoms with Gasteiger partial charge < -0.3 is 5.32 Å². The summed E-state index contributed by atoms with van der Waals surface area (Å²) >= 11 is 10.1. The van der Waals surface area contributed by atoms with Gasteiger partial charge in [0.1, 0.15) is 4.49 Å². The number of carbonyl (C=O) groups is 1. The van der Waals surface area contributed by atoms with E-state index in [0.29, 0.717) is 0 Å². The van der Waals surface area contributed by atoms with Gasteiger partial charge in [-0.25, -0.2) is 4.39 Å². The minimum Gasteiger partial charge on any atom is -0.328 e. The standard InChI is InChI=1S/C4H4Cl2FNO/c5-3(6)2-8-4(9)1-7/h2H,1H2,(H,8,9). The Kier molecular flexibility index (Phi) is 4.44. The Morgan fingerprint density at radius 1 is 1.67 bits per heavy atom. The molecule has 0 bridgehead atoms. The lowest BCUT2D eigenvalue weighted by Gasteiger charge is -1.90. The fraction of sp³-hybridized carbons (Fsp3) is 0.250. The number of rotatable bonds is 2. The van der Waals surface area contributed by atoms with E-state index in [4.69, 9.17) is 23.2 Å². The van der Waals surface area contributed by atoms with Crippen molar-refractivity contribution in [2.24, 2.45) is 0 Å². The van der Waals surface area contributed by atoms with E-state index in [2.05, 4.69) is 0 Å². The number of alkyl halides is 1. The summed E-state index contributed by atoms with van der Waals surface area (Å²) in [6.07, 6.45) is 1.00. The molecule has 0 unspecified atom stereocenters. The van der Waals surface area contributed by atoms with Gasteiger partial charge in [-0.05, 0) is 0 Å². The van der Waals surface area contributed by atoms with Crippen LogP contribution in [0.2, 0.25) is 0 Å². The topological polar surface area (TPSA) is 29.1 Å². The van der Waals surface area contributed by atoms with Crippen molar-refractivity contribution in [2.45, 2.75) is 0 Å². The quantitative estimate of drug-likeness (QED) is 0.669. The third kappa shape index (κ3) is 5.59. The van der Waals surface area contributed by atoms with Gasteiger partial charge in [0, 0.05) is 6.20 Å². The highest BCUT2D eigenvalue weighted by Gasteiger charge is 1.93. The number of hydrogen-bond donors (Lipinski definition) is 1. The van der Waals surface area contributed by atoms with E-state index in [1.807, 2.05) is 5.32 Å². The van der Waals surface area contributed by atoms with Crippen molar-refractivity contribution in [2.75, 3.05) is 6.67 Å². The lowest BCUT2D eigenvalue weighted by atomic mass is 10.7. The molecule has 0 heterocycles. The van der Waals surface area contributed by atoms with Crippen molar-refractivity contribution in [3.8, 4) is 0 Å². The van der Waals surface area contributed by atoms with Crippen LogP contribution in [-0.2, 0) is 4.79 Å². The van der Waals surface area contributed by atoms with Crippen molar-refractivity contribution in [3.05, 3.63) is 10.7 Å². The first-order chi connectivity index (χ1) is 4.16. The van der Waals surface area contributed by atoms with E-state index in [1.54, 1.807) is 0 Å². The molecule has 9 heavy (non-hydrogen) atoms. The second kappa shape index (κ2) is 4.58. The molecule has 5 heteroatoms. The van der Waals surface area contributed by atoms with Gasteiger partial charge in [0.25, 0.3) is 5.91 Å². The van der Waals surface area contributed by atoms with Crippen LogP contribution in [0.1, 0.15) is 0 Å². The third-order valence-corrected chi connectivity index (χ3v) is 0.682. The Bertz CT molecular complexity index is 133. The highest BCUT2D eigenvalue weighted by atomic mass is 35.5. The molecular weight excluding hydrogens is 168 g/mol. The van der Waals surface area contributed by atoms with Gasteiger partial charge in [-0.1, -0.05) is 23.2 Å². The molecule has 0 rings (SSSR count). The first-order valence-electron chi connectivity index (χ1n) is 2.03. The SMILES string of the molecule is O=C(CF)NC=C(Cl)Cl. The lowest BCUT2D eigenvalue weighted by Crippen LogP contribution is -2.18. The van der Waals surface area contributed by atoms with Crippen LogP contribution in [0.4, 0.5) is 4.39 Å². The Morgan fingerprint density at radius 2 is 2.22 bits per heavy atom. The van der Waals surface area contributed by atoms with E-state index in [0.717, 1.165) is 6.20 Å². The number of carbonyl (C=O) groups excluding carboxylic acids is 1. The van der Waals surface area contributed by atoms with Gasteiger partial charge in [-0.3, -0.25) is 4.79 Å². The smallest absolute Gasteiger partial charge is 0.255 e. The zero-order valence-corrected chi connectivity index (χ0v) is 5.84. The van der Waals surface area contributed by atoms with Gasteiger partial charge >= 0.3 is 0 Å². The number of halogens is 3. The normalized spacial score (nSPS) is 8.33.